The van der Waals surface area contributed by atoms with E-state index in [1.807, 2.05) is 0 Å². The summed E-state index contributed by atoms with van der Waals surface area (Å²) < 4.78 is 0. The molecule has 0 spiro atoms. The molecule has 0 aromatic heterocycles. The van der Waals surface area contributed by atoms with E-state index in [9.17, 15) is 10.2 Å². The molecule has 2 saturated carbocycles. The zero-order valence-electron chi connectivity index (χ0n) is 6.20. The second kappa shape index (κ2) is 1.95. The summed E-state index contributed by atoms with van der Waals surface area (Å²) in [7, 11) is 0. The van der Waals surface area contributed by atoms with E-state index in [1.165, 1.54) is 0 Å². The van der Waals surface area contributed by atoms with Gasteiger partial charge in [0.05, 0.1) is 12.2 Å². The zero-order valence-corrected chi connectivity index (χ0v) is 6.20. The Kier molecular flexibility index (Phi) is 1.29. The molecule has 0 heterocycles. The molecule has 0 aromatic carbocycles. The van der Waals surface area contributed by atoms with Crippen molar-refractivity contribution >= 4 is 0 Å². The Morgan fingerprint density at radius 2 is 1.90 bits per heavy atom. The Hall–Kier alpha value is -0.0800. The fourth-order valence-corrected chi connectivity index (χ4v) is 2.55. The van der Waals surface area contributed by atoms with Gasteiger partial charge in [0.1, 0.15) is 0 Å². The summed E-state index contributed by atoms with van der Waals surface area (Å²) in [6.07, 6.45) is 1.52. The molecule has 0 aromatic rings. The maximum absolute atomic E-state index is 9.50. The number of aliphatic hydroxyl groups excluding tert-OH is 2. The average Bonchev–Trinajstić information content (AvgIpc) is 2.36. The summed E-state index contributed by atoms with van der Waals surface area (Å²) in [6, 6.07) is 0. The van der Waals surface area contributed by atoms with Crippen molar-refractivity contribution in [1.29, 1.82) is 0 Å². The van der Waals surface area contributed by atoms with E-state index in [4.69, 9.17) is 0 Å². The van der Waals surface area contributed by atoms with Crippen LogP contribution in [-0.2, 0) is 0 Å². The monoisotopic (exact) mass is 142 g/mol. The molecular formula is C8H14O2. The first kappa shape index (κ1) is 6.62. The highest BCUT2D eigenvalue weighted by Gasteiger charge is 2.49. The van der Waals surface area contributed by atoms with Gasteiger partial charge in [0.25, 0.3) is 0 Å². The molecule has 5 unspecified atom stereocenters. The van der Waals surface area contributed by atoms with Gasteiger partial charge >= 0.3 is 0 Å². The zero-order chi connectivity index (χ0) is 7.30. The lowest BCUT2D eigenvalue weighted by Gasteiger charge is -2.27. The standard InChI is InChI=1S/C8H14O2/c1-4-5-2-6(8(4)10)7(9)3-5/h4-10H,2-3H2,1H3. The summed E-state index contributed by atoms with van der Waals surface area (Å²) in [5, 5.41) is 18.8. The minimum Gasteiger partial charge on any atom is -0.393 e. The van der Waals surface area contributed by atoms with Crippen LogP contribution in [0.25, 0.3) is 0 Å². The molecule has 0 radical (unpaired) electrons. The van der Waals surface area contributed by atoms with Gasteiger partial charge in [-0.2, -0.15) is 0 Å². The Labute approximate surface area is 60.9 Å². The van der Waals surface area contributed by atoms with E-state index in [1.54, 1.807) is 0 Å². The quantitative estimate of drug-likeness (QED) is 0.513. The number of aliphatic hydroxyl groups is 2. The Morgan fingerprint density at radius 3 is 2.30 bits per heavy atom. The lowest BCUT2D eigenvalue weighted by Crippen LogP contribution is -2.33. The normalized spacial score (nSPS) is 59.7. The Balaban J connectivity index is 2.16. The van der Waals surface area contributed by atoms with E-state index in [2.05, 4.69) is 6.92 Å². The lowest BCUT2D eigenvalue weighted by molar-refractivity contribution is -0.00828. The number of fused-ring (bicyclic) bond motifs is 2. The largest absolute Gasteiger partial charge is 0.393 e. The fraction of sp³-hybridized carbons (Fsp3) is 1.00. The third kappa shape index (κ3) is 0.663. The summed E-state index contributed by atoms with van der Waals surface area (Å²) in [4.78, 5) is 0. The Bertz CT molecular complexity index is 144. The first-order valence-corrected chi connectivity index (χ1v) is 4.06. The molecule has 5 atom stereocenters. The third-order valence-corrected chi connectivity index (χ3v) is 3.33. The van der Waals surface area contributed by atoms with Gasteiger partial charge in [-0.25, -0.2) is 0 Å². The smallest absolute Gasteiger partial charge is 0.0621 e. The van der Waals surface area contributed by atoms with Crippen molar-refractivity contribution in [2.45, 2.75) is 32.0 Å². The van der Waals surface area contributed by atoms with Gasteiger partial charge in [-0.3, -0.25) is 0 Å². The molecule has 2 fully saturated rings. The minimum atomic E-state index is -0.228. The molecule has 0 saturated heterocycles. The molecule has 2 aliphatic rings. The highest BCUT2D eigenvalue weighted by molar-refractivity contribution is 4.99. The molecular weight excluding hydrogens is 128 g/mol. The van der Waals surface area contributed by atoms with Gasteiger partial charge in [0, 0.05) is 5.92 Å². The van der Waals surface area contributed by atoms with Crippen molar-refractivity contribution in [1.82, 2.24) is 0 Å². The predicted octanol–water partition coefficient (Wildman–Crippen LogP) is 0.384. The molecule has 0 aliphatic heterocycles. The number of rotatable bonds is 0. The van der Waals surface area contributed by atoms with Crippen molar-refractivity contribution in [2.24, 2.45) is 17.8 Å². The molecule has 10 heavy (non-hydrogen) atoms. The van der Waals surface area contributed by atoms with Crippen molar-refractivity contribution in [3.8, 4) is 0 Å². The molecule has 2 rings (SSSR count). The van der Waals surface area contributed by atoms with Crippen LogP contribution in [0.1, 0.15) is 19.8 Å². The second-order valence-corrected chi connectivity index (χ2v) is 3.81. The van der Waals surface area contributed by atoms with Gasteiger partial charge in [-0.05, 0) is 24.7 Å². The van der Waals surface area contributed by atoms with Gasteiger partial charge in [-0.15, -0.1) is 0 Å². The predicted molar refractivity (Wildman–Crippen MR) is 37.4 cm³/mol. The van der Waals surface area contributed by atoms with Crippen LogP contribution in [0.5, 0.6) is 0 Å². The maximum atomic E-state index is 9.50. The van der Waals surface area contributed by atoms with Crippen LogP contribution >= 0.6 is 0 Å². The van der Waals surface area contributed by atoms with E-state index in [0.717, 1.165) is 12.8 Å². The maximum Gasteiger partial charge on any atom is 0.0621 e. The van der Waals surface area contributed by atoms with Crippen LogP contribution in [0.2, 0.25) is 0 Å². The molecule has 0 amide bonds. The SMILES string of the molecule is CC1C2CC(O)C(C2)C1O. The third-order valence-electron chi connectivity index (χ3n) is 3.33. The van der Waals surface area contributed by atoms with E-state index < -0.39 is 0 Å². The molecule has 2 N–H and O–H groups in total. The molecule has 58 valence electrons. The number of hydrogen-bond acceptors (Lipinski definition) is 2. The average molecular weight is 142 g/mol. The van der Waals surface area contributed by atoms with Gasteiger partial charge < -0.3 is 10.2 Å². The van der Waals surface area contributed by atoms with E-state index >= 15 is 0 Å². The highest BCUT2D eigenvalue weighted by atomic mass is 16.3. The second-order valence-electron chi connectivity index (χ2n) is 3.81. The summed E-state index contributed by atoms with van der Waals surface area (Å²) >= 11 is 0. The van der Waals surface area contributed by atoms with Crippen molar-refractivity contribution in [3.63, 3.8) is 0 Å². The van der Waals surface area contributed by atoms with Crippen LogP contribution in [0, 0.1) is 17.8 Å². The van der Waals surface area contributed by atoms with Crippen LogP contribution in [0.15, 0.2) is 0 Å². The fourth-order valence-electron chi connectivity index (χ4n) is 2.55. The van der Waals surface area contributed by atoms with Gasteiger partial charge in [0.15, 0.2) is 0 Å². The van der Waals surface area contributed by atoms with Gasteiger partial charge in [0.2, 0.25) is 0 Å². The Morgan fingerprint density at radius 1 is 1.20 bits per heavy atom. The van der Waals surface area contributed by atoms with Crippen LogP contribution in [-0.4, -0.2) is 22.4 Å². The topological polar surface area (TPSA) is 40.5 Å². The van der Waals surface area contributed by atoms with E-state index in [-0.39, 0.29) is 18.1 Å². The van der Waals surface area contributed by atoms with Crippen LogP contribution in [0.4, 0.5) is 0 Å². The number of hydrogen-bond donors (Lipinski definition) is 2. The first-order chi connectivity index (χ1) is 4.70. The lowest BCUT2D eigenvalue weighted by atomic mass is 9.86. The summed E-state index contributed by atoms with van der Waals surface area (Å²) in [5.41, 5.74) is 0. The molecule has 2 heteroatoms. The van der Waals surface area contributed by atoms with Crippen molar-refractivity contribution < 1.29 is 10.2 Å². The highest BCUT2D eigenvalue weighted by Crippen LogP contribution is 2.48. The molecule has 2 bridgehead atoms. The van der Waals surface area contributed by atoms with E-state index in [0.29, 0.717) is 11.8 Å². The minimum absolute atomic E-state index is 0.194. The summed E-state index contributed by atoms with van der Waals surface area (Å²) in [5.74, 6) is 1.21. The van der Waals surface area contributed by atoms with Crippen LogP contribution in [0.3, 0.4) is 0 Å². The van der Waals surface area contributed by atoms with Gasteiger partial charge in [-0.1, -0.05) is 6.92 Å². The van der Waals surface area contributed by atoms with Crippen molar-refractivity contribution in [2.75, 3.05) is 0 Å². The summed E-state index contributed by atoms with van der Waals surface area (Å²) in [6.45, 7) is 2.08. The van der Waals surface area contributed by atoms with Crippen LogP contribution < -0.4 is 0 Å². The molecule has 2 aliphatic carbocycles. The van der Waals surface area contributed by atoms with Crippen molar-refractivity contribution in [3.05, 3.63) is 0 Å². The molecule has 2 nitrogen and oxygen atoms in total. The first-order valence-electron chi connectivity index (χ1n) is 4.06.